The molecule has 2 N–H and O–H groups in total. The van der Waals surface area contributed by atoms with Gasteiger partial charge in [0.25, 0.3) is 0 Å². The monoisotopic (exact) mass is 392 g/mol. The highest BCUT2D eigenvalue weighted by atomic mass is 79.9. The summed E-state index contributed by atoms with van der Waals surface area (Å²) in [7, 11) is -2.23. The van der Waals surface area contributed by atoms with Gasteiger partial charge in [0.05, 0.1) is 10.6 Å². The Balaban J connectivity index is 2.33. The zero-order valence-corrected chi connectivity index (χ0v) is 14.6. The van der Waals surface area contributed by atoms with Gasteiger partial charge in [-0.3, -0.25) is 0 Å². The average molecular weight is 393 g/mol. The Morgan fingerprint density at radius 1 is 1.38 bits per heavy atom. The molecule has 0 aliphatic heterocycles. The average Bonchev–Trinajstić information content (AvgIpc) is 2.80. The summed E-state index contributed by atoms with van der Waals surface area (Å²) >= 11 is 4.79. The molecule has 0 amide bonds. The molecule has 0 spiro atoms. The topological polar surface area (TPSA) is 63.4 Å². The molecule has 0 saturated carbocycles. The molecule has 0 saturated heterocycles. The third-order valence-corrected chi connectivity index (χ3v) is 6.43. The molecule has 0 aliphatic rings. The maximum Gasteiger partial charge on any atom is 0.243 e. The molecule has 8 heteroatoms. The van der Waals surface area contributed by atoms with Crippen LogP contribution in [-0.2, 0) is 16.6 Å². The van der Waals surface area contributed by atoms with Crippen molar-refractivity contribution in [3.8, 4) is 0 Å². The Morgan fingerprint density at radius 3 is 2.57 bits per heavy atom. The van der Waals surface area contributed by atoms with E-state index in [2.05, 4.69) is 15.9 Å². The van der Waals surface area contributed by atoms with Crippen molar-refractivity contribution in [1.82, 2.24) is 4.31 Å². The van der Waals surface area contributed by atoms with E-state index in [1.165, 1.54) is 35.7 Å². The van der Waals surface area contributed by atoms with E-state index < -0.39 is 15.8 Å². The van der Waals surface area contributed by atoms with E-state index >= 15 is 0 Å². The van der Waals surface area contributed by atoms with Gasteiger partial charge in [-0.2, -0.15) is 4.31 Å². The maximum atomic E-state index is 13.5. The standard InChI is InChI=1S/C13H14BrFN2O2S2/c1-8-3-11(5-12(16)13(8)15)21(18,19)17(2)6-10-4-9(14)7-20-10/h3-5,7H,6,16H2,1-2H3. The highest BCUT2D eigenvalue weighted by Crippen LogP contribution is 2.26. The summed E-state index contributed by atoms with van der Waals surface area (Å²) < 4.78 is 40.6. The van der Waals surface area contributed by atoms with Crippen LogP contribution in [-0.4, -0.2) is 19.8 Å². The highest BCUT2D eigenvalue weighted by Gasteiger charge is 2.23. The molecule has 0 aliphatic carbocycles. The van der Waals surface area contributed by atoms with Gasteiger partial charge in [0.1, 0.15) is 5.82 Å². The summed E-state index contributed by atoms with van der Waals surface area (Å²) in [6.45, 7) is 1.73. The van der Waals surface area contributed by atoms with Crippen molar-refractivity contribution in [3.63, 3.8) is 0 Å². The lowest BCUT2D eigenvalue weighted by Gasteiger charge is -2.17. The molecule has 0 fully saturated rings. The molecule has 0 atom stereocenters. The first kappa shape index (κ1) is 16.4. The van der Waals surface area contributed by atoms with E-state index in [9.17, 15) is 12.8 Å². The zero-order valence-electron chi connectivity index (χ0n) is 11.4. The third-order valence-electron chi connectivity index (χ3n) is 2.96. The van der Waals surface area contributed by atoms with Crippen molar-refractivity contribution in [3.05, 3.63) is 44.3 Å². The Kier molecular flexibility index (Phi) is 4.72. The summed E-state index contributed by atoms with van der Waals surface area (Å²) in [5.41, 5.74) is 5.56. The number of nitrogen functional groups attached to an aromatic ring is 1. The molecule has 0 radical (unpaired) electrons. The Bertz CT molecular complexity index is 751. The predicted octanol–water partition coefficient (Wildman–Crippen LogP) is 3.36. The predicted molar refractivity (Wildman–Crippen MR) is 86.2 cm³/mol. The number of benzene rings is 1. The molecular weight excluding hydrogens is 379 g/mol. The van der Waals surface area contributed by atoms with E-state index in [-0.39, 0.29) is 22.7 Å². The van der Waals surface area contributed by atoms with E-state index in [0.29, 0.717) is 0 Å². The number of anilines is 1. The van der Waals surface area contributed by atoms with Crippen LogP contribution in [0.3, 0.4) is 0 Å². The van der Waals surface area contributed by atoms with Gasteiger partial charge in [0, 0.05) is 28.3 Å². The summed E-state index contributed by atoms with van der Waals surface area (Å²) in [5, 5.41) is 1.88. The molecule has 1 heterocycles. The molecular formula is C13H14BrFN2O2S2. The lowest BCUT2D eigenvalue weighted by molar-refractivity contribution is 0.469. The van der Waals surface area contributed by atoms with Gasteiger partial charge in [-0.15, -0.1) is 11.3 Å². The summed E-state index contributed by atoms with van der Waals surface area (Å²) in [6, 6.07) is 4.31. The van der Waals surface area contributed by atoms with Gasteiger partial charge in [0.2, 0.25) is 10.0 Å². The van der Waals surface area contributed by atoms with Crippen molar-refractivity contribution in [2.75, 3.05) is 12.8 Å². The fourth-order valence-corrected chi connectivity index (χ4v) is 4.69. The quantitative estimate of drug-likeness (QED) is 0.811. The number of hydrogen-bond donors (Lipinski definition) is 1. The minimum absolute atomic E-state index is 0.00276. The van der Waals surface area contributed by atoms with Gasteiger partial charge in [-0.1, -0.05) is 0 Å². The number of nitrogens with two attached hydrogens (primary N) is 1. The fraction of sp³-hybridized carbons (Fsp3) is 0.231. The number of sulfonamides is 1. The summed E-state index contributed by atoms with van der Waals surface area (Å²) in [4.78, 5) is 0.900. The number of halogens is 2. The van der Waals surface area contributed by atoms with Crippen molar-refractivity contribution in [1.29, 1.82) is 0 Å². The van der Waals surface area contributed by atoms with E-state index in [1.54, 1.807) is 0 Å². The first-order chi connectivity index (χ1) is 9.71. The molecule has 0 unspecified atom stereocenters. The van der Waals surface area contributed by atoms with Crippen LogP contribution in [0.1, 0.15) is 10.4 Å². The van der Waals surface area contributed by atoms with Gasteiger partial charge >= 0.3 is 0 Å². The Labute approximate surface area is 135 Å². The van der Waals surface area contributed by atoms with Crippen molar-refractivity contribution >= 4 is 43.0 Å². The van der Waals surface area contributed by atoms with Crippen LogP contribution in [0.25, 0.3) is 0 Å². The summed E-state index contributed by atoms with van der Waals surface area (Å²) in [5.74, 6) is -0.584. The van der Waals surface area contributed by atoms with Crippen LogP contribution in [0.2, 0.25) is 0 Å². The number of aryl methyl sites for hydroxylation is 1. The maximum absolute atomic E-state index is 13.5. The minimum atomic E-state index is -3.71. The van der Waals surface area contributed by atoms with Crippen molar-refractivity contribution in [2.45, 2.75) is 18.4 Å². The largest absolute Gasteiger partial charge is 0.396 e. The molecule has 21 heavy (non-hydrogen) atoms. The van der Waals surface area contributed by atoms with E-state index in [0.717, 1.165) is 15.4 Å². The first-order valence-electron chi connectivity index (χ1n) is 5.96. The summed E-state index contributed by atoms with van der Waals surface area (Å²) in [6.07, 6.45) is 0. The second kappa shape index (κ2) is 6.04. The molecule has 1 aromatic heterocycles. The third kappa shape index (κ3) is 3.45. The number of rotatable bonds is 4. The molecule has 2 rings (SSSR count). The van der Waals surface area contributed by atoms with E-state index in [1.807, 2.05) is 11.4 Å². The zero-order chi connectivity index (χ0) is 15.8. The second-order valence-electron chi connectivity index (χ2n) is 4.64. The van der Waals surface area contributed by atoms with Crippen LogP contribution < -0.4 is 5.73 Å². The van der Waals surface area contributed by atoms with Crippen LogP contribution in [0.15, 0.2) is 32.9 Å². The Hall–Kier alpha value is -0.960. The molecule has 4 nitrogen and oxygen atoms in total. The van der Waals surface area contributed by atoms with Crippen LogP contribution in [0, 0.1) is 12.7 Å². The smallest absolute Gasteiger partial charge is 0.243 e. The van der Waals surface area contributed by atoms with Crippen molar-refractivity contribution in [2.24, 2.45) is 0 Å². The van der Waals surface area contributed by atoms with Crippen molar-refractivity contribution < 1.29 is 12.8 Å². The first-order valence-corrected chi connectivity index (χ1v) is 9.08. The van der Waals surface area contributed by atoms with Gasteiger partial charge < -0.3 is 5.73 Å². The van der Waals surface area contributed by atoms with Crippen LogP contribution in [0.5, 0.6) is 0 Å². The lowest BCUT2D eigenvalue weighted by atomic mass is 10.2. The molecule has 1 aromatic carbocycles. The van der Waals surface area contributed by atoms with Gasteiger partial charge in [-0.25, -0.2) is 12.8 Å². The Morgan fingerprint density at radius 2 is 2.05 bits per heavy atom. The number of nitrogens with zero attached hydrogens (tertiary/aromatic N) is 1. The normalized spacial score (nSPS) is 12.0. The molecule has 114 valence electrons. The number of hydrogen-bond acceptors (Lipinski definition) is 4. The highest BCUT2D eigenvalue weighted by molar-refractivity contribution is 9.10. The lowest BCUT2D eigenvalue weighted by Crippen LogP contribution is -2.26. The fourth-order valence-electron chi connectivity index (χ4n) is 1.83. The molecule has 0 bridgehead atoms. The van der Waals surface area contributed by atoms with Crippen LogP contribution >= 0.6 is 27.3 Å². The second-order valence-corrected chi connectivity index (χ2v) is 8.59. The van der Waals surface area contributed by atoms with Gasteiger partial charge in [0.15, 0.2) is 0 Å². The number of thiophene rings is 1. The van der Waals surface area contributed by atoms with Crippen LogP contribution in [0.4, 0.5) is 10.1 Å². The minimum Gasteiger partial charge on any atom is -0.396 e. The van der Waals surface area contributed by atoms with E-state index in [4.69, 9.17) is 5.73 Å². The SMILES string of the molecule is Cc1cc(S(=O)(=O)N(C)Cc2cc(Br)cs2)cc(N)c1F. The van der Waals surface area contributed by atoms with Gasteiger partial charge in [-0.05, 0) is 46.6 Å². The molecule has 2 aromatic rings.